The summed E-state index contributed by atoms with van der Waals surface area (Å²) in [7, 11) is 0. The number of aromatic hydroxyl groups is 1. The van der Waals surface area contributed by atoms with E-state index in [-0.39, 0.29) is 16.7 Å². The minimum Gasteiger partial charge on any atom is -0.506 e. The number of nitrogens with zero attached hydrogens (tertiary/aromatic N) is 1. The second-order valence-corrected chi connectivity index (χ2v) is 6.90. The van der Waals surface area contributed by atoms with E-state index in [0.717, 1.165) is 18.0 Å². The predicted molar refractivity (Wildman–Crippen MR) is 93.7 cm³/mol. The molecule has 0 unspecified atom stereocenters. The van der Waals surface area contributed by atoms with Crippen molar-refractivity contribution in [2.45, 2.75) is 38.1 Å². The molecule has 23 heavy (non-hydrogen) atoms. The number of phenols is 1. The molecule has 0 radical (unpaired) electrons. The molecule has 1 aliphatic rings. The molecule has 3 N–H and O–H groups in total. The topological polar surface area (TPSA) is 74.2 Å². The number of hydrogen-bond donors (Lipinski definition) is 3. The summed E-state index contributed by atoms with van der Waals surface area (Å²) < 4.78 is 0. The number of nitrogens with one attached hydrogen (secondary N) is 2. The number of amides is 1. The molecule has 1 heterocycles. The van der Waals surface area contributed by atoms with Gasteiger partial charge in [-0.1, -0.05) is 30.9 Å². The highest BCUT2D eigenvalue weighted by atomic mass is 35.5. The van der Waals surface area contributed by atoms with Crippen LogP contribution in [0.25, 0.3) is 0 Å². The molecule has 1 fully saturated rings. The van der Waals surface area contributed by atoms with Gasteiger partial charge in [-0.15, -0.1) is 11.3 Å². The quantitative estimate of drug-likeness (QED) is 0.709. The fourth-order valence-electron chi connectivity index (χ4n) is 2.65. The van der Waals surface area contributed by atoms with Crippen molar-refractivity contribution in [3.05, 3.63) is 34.3 Å². The van der Waals surface area contributed by atoms with E-state index in [9.17, 15) is 9.90 Å². The molecule has 3 rings (SSSR count). The number of thiazole rings is 1. The molecule has 0 bridgehead atoms. The average molecular weight is 352 g/mol. The summed E-state index contributed by atoms with van der Waals surface area (Å²) >= 11 is 7.27. The van der Waals surface area contributed by atoms with Gasteiger partial charge in [0.2, 0.25) is 0 Å². The summed E-state index contributed by atoms with van der Waals surface area (Å²) in [6, 6.07) is 4.99. The molecular formula is C16H18ClN3O2S. The number of anilines is 2. The van der Waals surface area contributed by atoms with E-state index in [0.29, 0.717) is 17.4 Å². The van der Waals surface area contributed by atoms with E-state index in [4.69, 9.17) is 11.6 Å². The fourth-order valence-corrected chi connectivity index (χ4v) is 3.59. The predicted octanol–water partition coefficient (Wildman–Crippen LogP) is 4.50. The van der Waals surface area contributed by atoms with E-state index in [1.807, 2.05) is 0 Å². The first-order valence-corrected chi connectivity index (χ1v) is 8.89. The maximum Gasteiger partial charge on any atom is 0.275 e. The number of hydrogen-bond acceptors (Lipinski definition) is 5. The zero-order valence-corrected chi connectivity index (χ0v) is 14.1. The lowest BCUT2D eigenvalue weighted by atomic mass is 9.96. The standard InChI is InChI=1S/C16H18ClN3O2S/c17-12-8-11(6-7-14(12)21)18-15(22)13-9-23-16(20-13)19-10-4-2-1-3-5-10/h6-10,21H,1-5H2,(H,18,22)(H,19,20). The van der Waals surface area contributed by atoms with Crippen LogP contribution >= 0.6 is 22.9 Å². The molecule has 5 nitrogen and oxygen atoms in total. The molecule has 1 saturated carbocycles. The third kappa shape index (κ3) is 4.14. The van der Waals surface area contributed by atoms with Crippen LogP contribution in [0.15, 0.2) is 23.6 Å². The maximum absolute atomic E-state index is 12.2. The van der Waals surface area contributed by atoms with Crippen LogP contribution in [-0.4, -0.2) is 22.0 Å². The minimum atomic E-state index is -0.292. The Hall–Kier alpha value is -1.79. The molecule has 0 aliphatic heterocycles. The molecule has 7 heteroatoms. The van der Waals surface area contributed by atoms with Gasteiger partial charge in [0.1, 0.15) is 11.4 Å². The second-order valence-electron chi connectivity index (χ2n) is 5.64. The number of benzene rings is 1. The van der Waals surface area contributed by atoms with E-state index in [1.165, 1.54) is 42.7 Å². The second kappa shape index (κ2) is 7.19. The molecule has 1 aromatic carbocycles. The SMILES string of the molecule is O=C(Nc1ccc(O)c(Cl)c1)c1csc(NC2CCCCC2)n1. The number of carbonyl (C=O) groups excluding carboxylic acids is 1. The van der Waals surface area contributed by atoms with Gasteiger partial charge in [-0.3, -0.25) is 4.79 Å². The molecule has 122 valence electrons. The van der Waals surface area contributed by atoms with Crippen molar-refractivity contribution in [3.63, 3.8) is 0 Å². The number of aromatic nitrogens is 1. The van der Waals surface area contributed by atoms with Crippen molar-refractivity contribution in [2.24, 2.45) is 0 Å². The van der Waals surface area contributed by atoms with Crippen molar-refractivity contribution < 1.29 is 9.90 Å². The highest BCUT2D eigenvalue weighted by molar-refractivity contribution is 7.13. The Kier molecular flexibility index (Phi) is 5.03. The Balaban J connectivity index is 1.62. The summed E-state index contributed by atoms with van der Waals surface area (Å²) in [5, 5.41) is 18.2. The van der Waals surface area contributed by atoms with Gasteiger partial charge in [0, 0.05) is 17.1 Å². The molecule has 0 spiro atoms. The molecule has 1 amide bonds. The van der Waals surface area contributed by atoms with Crippen LogP contribution in [0, 0.1) is 0 Å². The molecule has 1 aliphatic carbocycles. The molecule has 0 saturated heterocycles. The van der Waals surface area contributed by atoms with E-state index in [1.54, 1.807) is 11.4 Å². The van der Waals surface area contributed by atoms with Crippen molar-refractivity contribution in [1.82, 2.24) is 4.98 Å². The summed E-state index contributed by atoms with van der Waals surface area (Å²) in [6.45, 7) is 0. The highest BCUT2D eigenvalue weighted by Crippen LogP contribution is 2.27. The smallest absolute Gasteiger partial charge is 0.275 e. The Bertz CT molecular complexity index is 698. The molecule has 1 aromatic heterocycles. The van der Waals surface area contributed by atoms with E-state index >= 15 is 0 Å². The van der Waals surface area contributed by atoms with Crippen molar-refractivity contribution in [2.75, 3.05) is 10.6 Å². The third-order valence-electron chi connectivity index (χ3n) is 3.88. The van der Waals surface area contributed by atoms with Crippen LogP contribution in [0.3, 0.4) is 0 Å². The monoisotopic (exact) mass is 351 g/mol. The van der Waals surface area contributed by atoms with Crippen molar-refractivity contribution >= 4 is 39.7 Å². The summed E-state index contributed by atoms with van der Waals surface area (Å²) in [5.74, 6) is -0.308. The first-order valence-electron chi connectivity index (χ1n) is 7.64. The zero-order valence-electron chi connectivity index (χ0n) is 12.5. The van der Waals surface area contributed by atoms with Gasteiger partial charge in [0.05, 0.1) is 5.02 Å². The first kappa shape index (κ1) is 16.1. The lowest BCUT2D eigenvalue weighted by Gasteiger charge is -2.22. The lowest BCUT2D eigenvalue weighted by molar-refractivity contribution is 0.102. The largest absolute Gasteiger partial charge is 0.506 e. The van der Waals surface area contributed by atoms with Crippen LogP contribution in [0.2, 0.25) is 5.02 Å². The van der Waals surface area contributed by atoms with Gasteiger partial charge in [-0.25, -0.2) is 4.98 Å². The number of carbonyl (C=O) groups is 1. The van der Waals surface area contributed by atoms with Crippen molar-refractivity contribution in [1.29, 1.82) is 0 Å². The van der Waals surface area contributed by atoms with Crippen molar-refractivity contribution in [3.8, 4) is 5.75 Å². The minimum absolute atomic E-state index is 0.0164. The average Bonchev–Trinajstić information content (AvgIpc) is 3.00. The van der Waals surface area contributed by atoms with Crippen LogP contribution in [-0.2, 0) is 0 Å². The van der Waals surface area contributed by atoms with Crippen LogP contribution in [0.5, 0.6) is 5.75 Å². The molecule has 0 atom stereocenters. The van der Waals surface area contributed by atoms with Gasteiger partial charge < -0.3 is 15.7 Å². The fraction of sp³-hybridized carbons (Fsp3) is 0.375. The van der Waals surface area contributed by atoms with Gasteiger partial charge in [0.15, 0.2) is 5.13 Å². The third-order valence-corrected chi connectivity index (χ3v) is 4.95. The van der Waals surface area contributed by atoms with Gasteiger partial charge in [0.25, 0.3) is 5.91 Å². The summed E-state index contributed by atoms with van der Waals surface area (Å²) in [5.41, 5.74) is 0.894. The molecular weight excluding hydrogens is 334 g/mol. The number of phenolic OH excluding ortho intramolecular Hbond substituents is 1. The van der Waals surface area contributed by atoms with Gasteiger partial charge in [-0.05, 0) is 31.0 Å². The van der Waals surface area contributed by atoms with Crippen LogP contribution in [0.4, 0.5) is 10.8 Å². The lowest BCUT2D eigenvalue weighted by Crippen LogP contribution is -2.22. The Labute approximate surface area is 143 Å². The number of rotatable bonds is 4. The Morgan fingerprint density at radius 3 is 2.83 bits per heavy atom. The summed E-state index contributed by atoms with van der Waals surface area (Å²) in [6.07, 6.45) is 6.12. The number of halogens is 1. The van der Waals surface area contributed by atoms with E-state index < -0.39 is 0 Å². The van der Waals surface area contributed by atoms with E-state index in [2.05, 4.69) is 15.6 Å². The Morgan fingerprint density at radius 1 is 1.30 bits per heavy atom. The maximum atomic E-state index is 12.2. The highest BCUT2D eigenvalue weighted by Gasteiger charge is 2.16. The summed E-state index contributed by atoms with van der Waals surface area (Å²) in [4.78, 5) is 16.6. The first-order chi connectivity index (χ1) is 11.1. The van der Waals surface area contributed by atoms with Gasteiger partial charge >= 0.3 is 0 Å². The zero-order chi connectivity index (χ0) is 16.2. The normalized spacial score (nSPS) is 15.3. The van der Waals surface area contributed by atoms with Crippen LogP contribution < -0.4 is 10.6 Å². The Morgan fingerprint density at radius 2 is 2.09 bits per heavy atom. The van der Waals surface area contributed by atoms with Gasteiger partial charge in [-0.2, -0.15) is 0 Å². The molecule has 2 aromatic rings. The van der Waals surface area contributed by atoms with Crippen LogP contribution in [0.1, 0.15) is 42.6 Å².